The molecule has 1 aliphatic rings. The number of benzene rings is 1. The summed E-state index contributed by atoms with van der Waals surface area (Å²) < 4.78 is 26.1. The lowest BCUT2D eigenvalue weighted by molar-refractivity contribution is 0.0533. The molecule has 0 spiro atoms. The number of ketones is 1. The Morgan fingerprint density at radius 2 is 1.83 bits per heavy atom. The summed E-state index contributed by atoms with van der Waals surface area (Å²) in [4.78, 5) is 36.5. The number of ether oxygens (including phenoxy) is 2. The van der Waals surface area contributed by atoms with Gasteiger partial charge in [-0.05, 0) is 12.1 Å². The maximum Gasteiger partial charge on any atom is 0.232 e. The molecule has 13 heteroatoms. The second-order valence-corrected chi connectivity index (χ2v) is 9.97. The molecule has 0 radical (unpaired) electrons. The summed E-state index contributed by atoms with van der Waals surface area (Å²) in [5, 5.41) is 4.43. The van der Waals surface area contributed by atoms with E-state index in [1.165, 1.54) is 0 Å². The van der Waals surface area contributed by atoms with Crippen LogP contribution in [-0.4, -0.2) is 94.0 Å². The Labute approximate surface area is 243 Å². The summed E-state index contributed by atoms with van der Waals surface area (Å²) in [6.45, 7) is 3.76. The average Bonchev–Trinajstić information content (AvgIpc) is 3.44. The van der Waals surface area contributed by atoms with Crippen molar-refractivity contribution in [2.75, 3.05) is 57.2 Å². The van der Waals surface area contributed by atoms with Crippen LogP contribution in [0.3, 0.4) is 0 Å². The molecule has 220 valence electrons. The van der Waals surface area contributed by atoms with Crippen molar-refractivity contribution in [3.63, 3.8) is 0 Å². The van der Waals surface area contributed by atoms with E-state index in [1.54, 1.807) is 48.7 Å². The minimum atomic E-state index is -0.737. The first-order valence-electron chi connectivity index (χ1n) is 13.6. The monoisotopic (exact) mass is 575 g/mol. The smallest absolute Gasteiger partial charge is 0.232 e. The fraction of sp³-hybridized carbons (Fsp3) is 0.379. The third-order valence-electron chi connectivity index (χ3n) is 7.12. The predicted molar refractivity (Wildman–Crippen MR) is 157 cm³/mol. The molecule has 12 nitrogen and oxygen atoms in total. The van der Waals surface area contributed by atoms with Gasteiger partial charge in [0.1, 0.15) is 24.9 Å². The number of hydrogen-bond donors (Lipinski definition) is 0. The number of anilines is 4. The van der Waals surface area contributed by atoms with E-state index in [-0.39, 0.29) is 5.78 Å². The van der Waals surface area contributed by atoms with Crippen LogP contribution in [-0.2, 0) is 7.05 Å². The van der Waals surface area contributed by atoms with E-state index in [0.717, 1.165) is 11.3 Å². The molecule has 5 rings (SSSR count). The molecule has 0 saturated carbocycles. The molecule has 3 aromatic heterocycles. The van der Waals surface area contributed by atoms with Gasteiger partial charge in [0.2, 0.25) is 5.88 Å². The van der Waals surface area contributed by atoms with E-state index in [1.807, 2.05) is 55.1 Å². The molecule has 1 aliphatic heterocycles. The number of Topliss-reactive ketones (excluding diaryl/α,β-unsaturated/α-hetero) is 1. The predicted octanol–water partition coefficient (Wildman–Crippen LogP) is 3.84. The molecule has 0 atom stereocenters. The largest absolute Gasteiger partial charge is 0.494 e. The summed E-state index contributed by atoms with van der Waals surface area (Å²) in [7, 11) is 7.10. The van der Waals surface area contributed by atoms with Crippen LogP contribution >= 0.6 is 0 Å². The van der Waals surface area contributed by atoms with Gasteiger partial charge in [-0.1, -0.05) is 13.0 Å². The van der Waals surface area contributed by atoms with E-state index in [0.29, 0.717) is 73.0 Å². The number of likely N-dealkylation sites (tertiary alicyclic amines) is 1. The van der Waals surface area contributed by atoms with Gasteiger partial charge in [0.05, 0.1) is 42.0 Å². The van der Waals surface area contributed by atoms with Gasteiger partial charge >= 0.3 is 0 Å². The van der Waals surface area contributed by atoms with E-state index < -0.39 is 6.17 Å². The highest BCUT2D eigenvalue weighted by Gasteiger charge is 2.26. The Bertz CT molecular complexity index is 1540. The zero-order chi connectivity index (χ0) is 29.8. The number of nitrogens with zero attached hydrogens (tertiary/aromatic N) is 9. The number of alkyl halides is 1. The minimum absolute atomic E-state index is 0.0402. The van der Waals surface area contributed by atoms with Crippen molar-refractivity contribution >= 4 is 28.8 Å². The summed E-state index contributed by atoms with van der Waals surface area (Å²) in [5.41, 5.74) is 2.59. The number of methoxy groups -OCH3 is 1. The Hall–Kier alpha value is -4.65. The summed E-state index contributed by atoms with van der Waals surface area (Å²) in [6, 6.07) is 7.55. The van der Waals surface area contributed by atoms with Crippen LogP contribution in [0.1, 0.15) is 23.7 Å². The number of hydrogen-bond acceptors (Lipinski definition) is 11. The van der Waals surface area contributed by atoms with Crippen molar-refractivity contribution in [1.29, 1.82) is 0 Å². The molecule has 0 N–H and O–H groups in total. The molecule has 4 aromatic rings. The SMILES string of the molecule is CCC(=O)c1cnc(N(C)c2cnc(OCCN3CC(F)C3)cn2)cc1N(C)c1cccc(-c2ncn(C)n2)c1OC. The highest BCUT2D eigenvalue weighted by Crippen LogP contribution is 2.41. The van der Waals surface area contributed by atoms with Crippen molar-refractivity contribution in [2.24, 2.45) is 7.05 Å². The molecule has 1 aromatic carbocycles. The molecule has 0 aliphatic carbocycles. The van der Waals surface area contributed by atoms with Crippen LogP contribution < -0.4 is 19.3 Å². The molecule has 4 heterocycles. The maximum atomic E-state index is 13.0. The molecule has 1 fully saturated rings. The number of aromatic nitrogens is 6. The normalized spacial score (nSPS) is 13.5. The average molecular weight is 576 g/mol. The molecule has 0 amide bonds. The molecule has 42 heavy (non-hydrogen) atoms. The van der Waals surface area contributed by atoms with Crippen molar-refractivity contribution in [3.8, 4) is 23.0 Å². The Kier molecular flexibility index (Phi) is 8.57. The lowest BCUT2D eigenvalue weighted by Gasteiger charge is -2.33. The topological polar surface area (TPSA) is 115 Å². The number of para-hydroxylation sites is 1. The van der Waals surface area contributed by atoms with Crippen LogP contribution in [0.25, 0.3) is 11.4 Å². The van der Waals surface area contributed by atoms with Crippen LogP contribution in [0.4, 0.5) is 27.4 Å². The van der Waals surface area contributed by atoms with Crippen LogP contribution in [0.5, 0.6) is 11.6 Å². The maximum absolute atomic E-state index is 13.0. The number of pyridine rings is 1. The highest BCUT2D eigenvalue weighted by molar-refractivity contribution is 6.02. The third kappa shape index (κ3) is 6.00. The lowest BCUT2D eigenvalue weighted by atomic mass is 10.1. The van der Waals surface area contributed by atoms with E-state index in [4.69, 9.17) is 9.47 Å². The van der Waals surface area contributed by atoms with Crippen LogP contribution in [0, 0.1) is 0 Å². The number of rotatable bonds is 12. The molecule has 0 bridgehead atoms. The first-order chi connectivity index (χ1) is 20.3. The first kappa shape index (κ1) is 28.9. The Balaban J connectivity index is 1.41. The molecular weight excluding hydrogens is 541 g/mol. The minimum Gasteiger partial charge on any atom is -0.494 e. The summed E-state index contributed by atoms with van der Waals surface area (Å²) >= 11 is 0. The second-order valence-electron chi connectivity index (χ2n) is 9.97. The quantitative estimate of drug-likeness (QED) is 0.230. The van der Waals surface area contributed by atoms with Crippen molar-refractivity contribution < 1.29 is 18.7 Å². The number of carbonyl (C=O) groups is 1. The molecule has 1 saturated heterocycles. The number of halogens is 1. The Morgan fingerprint density at radius 1 is 1.05 bits per heavy atom. The third-order valence-corrected chi connectivity index (χ3v) is 7.12. The molecular formula is C29H34FN9O3. The van der Waals surface area contributed by atoms with Crippen molar-refractivity contribution in [3.05, 3.63) is 54.7 Å². The summed E-state index contributed by atoms with van der Waals surface area (Å²) in [5.74, 6) is 2.56. The zero-order valence-corrected chi connectivity index (χ0v) is 24.4. The van der Waals surface area contributed by atoms with Crippen LogP contribution in [0.15, 0.2) is 49.2 Å². The summed E-state index contributed by atoms with van der Waals surface area (Å²) in [6.07, 6.45) is 5.95. The van der Waals surface area contributed by atoms with Gasteiger partial charge in [-0.25, -0.2) is 24.3 Å². The van der Waals surface area contributed by atoms with Gasteiger partial charge in [-0.2, -0.15) is 5.10 Å². The fourth-order valence-electron chi connectivity index (χ4n) is 4.72. The Morgan fingerprint density at radius 3 is 2.48 bits per heavy atom. The van der Waals surface area contributed by atoms with Gasteiger partial charge in [-0.15, -0.1) is 0 Å². The van der Waals surface area contributed by atoms with Gasteiger partial charge in [0.25, 0.3) is 0 Å². The van der Waals surface area contributed by atoms with E-state index in [2.05, 4.69) is 25.0 Å². The fourth-order valence-corrected chi connectivity index (χ4v) is 4.72. The van der Waals surface area contributed by atoms with Gasteiger partial charge in [-0.3, -0.25) is 14.4 Å². The number of aryl methyl sites for hydroxylation is 1. The van der Waals surface area contributed by atoms with E-state index in [9.17, 15) is 9.18 Å². The zero-order valence-electron chi connectivity index (χ0n) is 24.4. The van der Waals surface area contributed by atoms with Gasteiger partial charge in [0, 0.05) is 59.5 Å². The lowest BCUT2D eigenvalue weighted by Crippen LogP contribution is -2.49. The standard InChI is InChI=1S/C29H34FN9O3/c1-6-24(40)21-13-31-25(38(4)26-14-33-27(15-32-26)42-11-10-39-16-19(30)17-39)12-23(21)37(3)22-9-7-8-20(28(22)41-5)29-34-18-36(2)35-29/h7-9,12-15,18-19H,6,10-11,16-17H2,1-5H3. The van der Waals surface area contributed by atoms with Crippen LogP contribution in [0.2, 0.25) is 0 Å². The number of carbonyl (C=O) groups excluding carboxylic acids is 1. The first-order valence-corrected chi connectivity index (χ1v) is 13.6. The second kappa shape index (κ2) is 12.5. The van der Waals surface area contributed by atoms with Crippen molar-refractivity contribution in [1.82, 2.24) is 34.6 Å². The van der Waals surface area contributed by atoms with Crippen molar-refractivity contribution in [2.45, 2.75) is 19.5 Å². The highest BCUT2D eigenvalue weighted by atomic mass is 19.1. The van der Waals surface area contributed by atoms with Gasteiger partial charge in [0.15, 0.2) is 23.2 Å². The van der Waals surface area contributed by atoms with Gasteiger partial charge < -0.3 is 19.3 Å². The molecule has 0 unspecified atom stereocenters. The van der Waals surface area contributed by atoms with E-state index >= 15 is 0 Å².